The van der Waals surface area contributed by atoms with Crippen LogP contribution in [-0.4, -0.2) is 54.1 Å². The summed E-state index contributed by atoms with van der Waals surface area (Å²) in [5.41, 5.74) is 2.55. The molecule has 5 heteroatoms. The van der Waals surface area contributed by atoms with Crippen LogP contribution in [0, 0.1) is 0 Å². The summed E-state index contributed by atoms with van der Waals surface area (Å²) in [6.07, 6.45) is 4.01. The molecule has 1 aromatic rings. The van der Waals surface area contributed by atoms with E-state index < -0.39 is 0 Å². The van der Waals surface area contributed by atoms with Crippen molar-refractivity contribution in [1.29, 1.82) is 0 Å². The van der Waals surface area contributed by atoms with Gasteiger partial charge in [0.1, 0.15) is 12.1 Å². The number of nitrogens with zero attached hydrogens (tertiary/aromatic N) is 4. The molecule has 0 radical (unpaired) electrons. The predicted octanol–water partition coefficient (Wildman–Crippen LogP) is 0.654. The van der Waals surface area contributed by atoms with Crippen molar-refractivity contribution in [3.05, 3.63) is 17.6 Å². The van der Waals surface area contributed by atoms with Crippen LogP contribution in [-0.2, 0) is 13.0 Å². The fraction of sp³-hybridized carbons (Fsp3) is 0.714. The summed E-state index contributed by atoms with van der Waals surface area (Å²) in [6.45, 7) is 9.90. The summed E-state index contributed by atoms with van der Waals surface area (Å²) in [5, 5.41) is 3.43. The lowest BCUT2D eigenvalue weighted by Gasteiger charge is -2.36. The van der Waals surface area contributed by atoms with Crippen molar-refractivity contribution in [2.45, 2.75) is 26.3 Å². The molecule has 19 heavy (non-hydrogen) atoms. The molecule has 104 valence electrons. The molecule has 0 amide bonds. The first-order valence-electron chi connectivity index (χ1n) is 7.39. The van der Waals surface area contributed by atoms with Crippen molar-refractivity contribution in [3.8, 4) is 0 Å². The number of hydrogen-bond donors (Lipinski definition) is 1. The van der Waals surface area contributed by atoms with Crippen molar-refractivity contribution < 1.29 is 0 Å². The molecule has 5 nitrogen and oxygen atoms in total. The molecule has 1 fully saturated rings. The lowest BCUT2D eigenvalue weighted by molar-refractivity contribution is 0.257. The van der Waals surface area contributed by atoms with E-state index in [0.29, 0.717) is 0 Å². The normalized spacial score (nSPS) is 20.4. The number of anilines is 1. The molecule has 0 bridgehead atoms. The molecule has 2 aliphatic rings. The highest BCUT2D eigenvalue weighted by molar-refractivity contribution is 5.49. The van der Waals surface area contributed by atoms with E-state index >= 15 is 0 Å². The number of aromatic nitrogens is 2. The first-order valence-corrected chi connectivity index (χ1v) is 7.39. The first-order chi connectivity index (χ1) is 9.38. The third kappa shape index (κ3) is 2.72. The van der Waals surface area contributed by atoms with Crippen LogP contribution in [0.25, 0.3) is 0 Å². The molecule has 0 unspecified atom stereocenters. The fourth-order valence-electron chi connectivity index (χ4n) is 3.03. The second kappa shape index (κ2) is 5.84. The van der Waals surface area contributed by atoms with Gasteiger partial charge in [-0.2, -0.15) is 0 Å². The molecule has 1 aromatic heterocycles. The Hall–Kier alpha value is -1.20. The summed E-state index contributed by atoms with van der Waals surface area (Å²) in [5.74, 6) is 1.16. The zero-order valence-corrected chi connectivity index (χ0v) is 11.7. The van der Waals surface area contributed by atoms with Gasteiger partial charge in [0, 0.05) is 51.3 Å². The van der Waals surface area contributed by atoms with Crippen molar-refractivity contribution >= 4 is 5.82 Å². The van der Waals surface area contributed by atoms with Gasteiger partial charge in [0.25, 0.3) is 0 Å². The monoisotopic (exact) mass is 261 g/mol. The standard InChI is InChI=1S/C14H23N5/c1-2-5-18-6-8-19(9-7-18)14-12-10-15-4-3-13(12)16-11-17-14/h11,15H,2-10H2,1H3. The molecule has 0 saturated carbocycles. The highest BCUT2D eigenvalue weighted by Crippen LogP contribution is 2.23. The Kier molecular flexibility index (Phi) is 3.94. The smallest absolute Gasteiger partial charge is 0.136 e. The number of hydrogen-bond acceptors (Lipinski definition) is 5. The number of rotatable bonds is 3. The molecule has 3 heterocycles. The van der Waals surface area contributed by atoms with E-state index in [9.17, 15) is 0 Å². The summed E-state index contributed by atoms with van der Waals surface area (Å²) in [4.78, 5) is 13.9. The number of nitrogens with one attached hydrogen (secondary N) is 1. The van der Waals surface area contributed by atoms with Gasteiger partial charge in [0.05, 0.1) is 5.69 Å². The van der Waals surface area contributed by atoms with E-state index in [0.717, 1.165) is 51.5 Å². The van der Waals surface area contributed by atoms with Crippen LogP contribution in [0.1, 0.15) is 24.6 Å². The van der Waals surface area contributed by atoms with E-state index in [1.165, 1.54) is 24.2 Å². The van der Waals surface area contributed by atoms with Crippen LogP contribution in [0.4, 0.5) is 5.82 Å². The average Bonchev–Trinajstić information content (AvgIpc) is 2.48. The topological polar surface area (TPSA) is 44.3 Å². The molecule has 0 spiro atoms. The zero-order chi connectivity index (χ0) is 13.1. The third-order valence-electron chi connectivity index (χ3n) is 4.06. The summed E-state index contributed by atoms with van der Waals surface area (Å²) in [7, 11) is 0. The Balaban J connectivity index is 1.73. The molecule has 1 saturated heterocycles. The molecule has 2 aliphatic heterocycles. The largest absolute Gasteiger partial charge is 0.354 e. The minimum Gasteiger partial charge on any atom is -0.354 e. The van der Waals surface area contributed by atoms with Crippen molar-refractivity contribution in [3.63, 3.8) is 0 Å². The first kappa shape index (κ1) is 12.8. The molecule has 0 aromatic carbocycles. The van der Waals surface area contributed by atoms with Gasteiger partial charge in [-0.1, -0.05) is 6.92 Å². The van der Waals surface area contributed by atoms with Gasteiger partial charge in [-0.15, -0.1) is 0 Å². The van der Waals surface area contributed by atoms with Gasteiger partial charge in [0.2, 0.25) is 0 Å². The third-order valence-corrected chi connectivity index (χ3v) is 4.06. The Labute approximate surface area is 115 Å². The molecule has 3 rings (SSSR count). The Morgan fingerprint density at radius 3 is 2.84 bits per heavy atom. The van der Waals surface area contributed by atoms with Gasteiger partial charge in [0.15, 0.2) is 0 Å². The maximum absolute atomic E-state index is 4.54. The Morgan fingerprint density at radius 2 is 2.05 bits per heavy atom. The van der Waals surface area contributed by atoms with Crippen molar-refractivity contribution in [2.24, 2.45) is 0 Å². The summed E-state index contributed by atoms with van der Waals surface area (Å²) >= 11 is 0. The minimum absolute atomic E-state index is 0.917. The Bertz CT molecular complexity index is 426. The van der Waals surface area contributed by atoms with Crippen LogP contribution >= 0.6 is 0 Å². The Morgan fingerprint density at radius 1 is 1.21 bits per heavy atom. The highest BCUT2D eigenvalue weighted by Gasteiger charge is 2.22. The fourth-order valence-corrected chi connectivity index (χ4v) is 3.03. The second-order valence-corrected chi connectivity index (χ2v) is 5.38. The minimum atomic E-state index is 0.917. The van der Waals surface area contributed by atoms with Gasteiger partial charge in [-0.3, -0.25) is 4.90 Å². The van der Waals surface area contributed by atoms with E-state index in [4.69, 9.17) is 0 Å². The van der Waals surface area contributed by atoms with Gasteiger partial charge < -0.3 is 10.2 Å². The summed E-state index contributed by atoms with van der Waals surface area (Å²) in [6, 6.07) is 0. The lowest BCUT2D eigenvalue weighted by atomic mass is 10.1. The number of fused-ring (bicyclic) bond motifs is 1. The van der Waals surface area contributed by atoms with E-state index in [1.807, 2.05) is 0 Å². The van der Waals surface area contributed by atoms with E-state index in [1.54, 1.807) is 6.33 Å². The maximum Gasteiger partial charge on any atom is 0.136 e. The van der Waals surface area contributed by atoms with Gasteiger partial charge in [-0.25, -0.2) is 9.97 Å². The quantitative estimate of drug-likeness (QED) is 0.866. The van der Waals surface area contributed by atoms with Crippen molar-refractivity contribution in [1.82, 2.24) is 20.2 Å². The van der Waals surface area contributed by atoms with Crippen LogP contribution < -0.4 is 10.2 Å². The van der Waals surface area contributed by atoms with Crippen LogP contribution in [0.5, 0.6) is 0 Å². The lowest BCUT2D eigenvalue weighted by Crippen LogP contribution is -2.47. The van der Waals surface area contributed by atoms with E-state index in [-0.39, 0.29) is 0 Å². The maximum atomic E-state index is 4.54. The number of piperazine rings is 1. The molecule has 1 N–H and O–H groups in total. The van der Waals surface area contributed by atoms with Crippen LogP contribution in [0.3, 0.4) is 0 Å². The average molecular weight is 261 g/mol. The highest BCUT2D eigenvalue weighted by atomic mass is 15.3. The van der Waals surface area contributed by atoms with Crippen molar-refractivity contribution in [2.75, 3.05) is 44.2 Å². The summed E-state index contributed by atoms with van der Waals surface area (Å²) < 4.78 is 0. The van der Waals surface area contributed by atoms with Crippen LogP contribution in [0.2, 0.25) is 0 Å². The van der Waals surface area contributed by atoms with Crippen LogP contribution in [0.15, 0.2) is 6.33 Å². The second-order valence-electron chi connectivity index (χ2n) is 5.38. The SMILES string of the molecule is CCCN1CCN(c2ncnc3c2CNCC3)CC1. The van der Waals surface area contributed by atoms with Gasteiger partial charge >= 0.3 is 0 Å². The molecular weight excluding hydrogens is 238 g/mol. The van der Waals surface area contributed by atoms with Gasteiger partial charge in [-0.05, 0) is 13.0 Å². The zero-order valence-electron chi connectivity index (χ0n) is 11.7. The molecule has 0 aliphatic carbocycles. The van der Waals surface area contributed by atoms with E-state index in [2.05, 4.69) is 32.0 Å². The predicted molar refractivity (Wildman–Crippen MR) is 76.4 cm³/mol. The molecular formula is C14H23N5. The molecule has 0 atom stereocenters.